The van der Waals surface area contributed by atoms with Crippen LogP contribution in [0.15, 0.2) is 47.6 Å². The number of rotatable bonds is 3. The Balaban J connectivity index is 0.00000147. The normalized spacial score (nSPS) is 10.5. The van der Waals surface area contributed by atoms with Crippen LogP contribution in [-0.2, 0) is 5.75 Å². The molecule has 2 nitrogen and oxygen atoms in total. The molecule has 0 atom stereocenters. The third kappa shape index (κ3) is 3.50. The fraction of sp³-hybridized carbons (Fsp3) is 0.0714. The zero-order chi connectivity index (χ0) is 13.2. The smallest absolute Gasteiger partial charge is 0.166 e. The number of thioether (sulfide) groups is 1. The number of benzene rings is 2. The molecule has 0 unspecified atom stereocenters. The number of H-pyrrole nitrogens is 1. The molecule has 0 bridgehead atoms. The van der Waals surface area contributed by atoms with Gasteiger partial charge in [0.15, 0.2) is 5.16 Å². The number of halogens is 3. The van der Waals surface area contributed by atoms with Crippen molar-refractivity contribution in [2.45, 2.75) is 10.9 Å². The topological polar surface area (TPSA) is 28.7 Å². The van der Waals surface area contributed by atoms with Crippen LogP contribution in [0.25, 0.3) is 11.0 Å². The fourth-order valence-corrected chi connectivity index (χ4v) is 3.23. The van der Waals surface area contributed by atoms with Crippen molar-refractivity contribution >= 4 is 46.0 Å². The zero-order valence-corrected chi connectivity index (χ0v) is 14.2. The molecule has 0 spiro atoms. The number of hydrogen-bond acceptors (Lipinski definition) is 2. The highest BCUT2D eigenvalue weighted by atomic mass is 79.9. The van der Waals surface area contributed by atoms with Crippen molar-refractivity contribution in [3.05, 3.63) is 58.1 Å². The monoisotopic (exact) mass is 387 g/mol. The van der Waals surface area contributed by atoms with E-state index in [1.54, 1.807) is 17.8 Å². The fourth-order valence-electron chi connectivity index (χ4n) is 1.78. The van der Waals surface area contributed by atoms with Crippen molar-refractivity contribution in [2.24, 2.45) is 0 Å². The van der Waals surface area contributed by atoms with Crippen LogP contribution >= 0.6 is 35.0 Å². The molecule has 20 heavy (non-hydrogen) atoms. The van der Waals surface area contributed by atoms with Crippen LogP contribution in [0, 0.1) is 0 Å². The predicted octanol–water partition coefficient (Wildman–Crippen LogP) is 2.17. The highest BCUT2D eigenvalue weighted by molar-refractivity contribution is 7.98. The van der Waals surface area contributed by atoms with Crippen molar-refractivity contribution in [1.29, 1.82) is 0 Å². The molecule has 0 radical (unpaired) electrons. The lowest BCUT2D eigenvalue weighted by molar-refractivity contribution is -0.00000365. The average molecular weight is 389 g/mol. The van der Waals surface area contributed by atoms with E-state index in [0.717, 1.165) is 27.5 Å². The maximum absolute atomic E-state index is 6.15. The van der Waals surface area contributed by atoms with E-state index in [1.807, 2.05) is 36.4 Å². The summed E-state index contributed by atoms with van der Waals surface area (Å²) in [5, 5.41) is 2.24. The van der Waals surface area contributed by atoms with Gasteiger partial charge in [0, 0.05) is 15.8 Å². The zero-order valence-electron chi connectivity index (χ0n) is 10.2. The lowest BCUT2D eigenvalue weighted by atomic mass is 10.2. The van der Waals surface area contributed by atoms with E-state index in [1.165, 1.54) is 0 Å². The van der Waals surface area contributed by atoms with Gasteiger partial charge in [-0.2, -0.15) is 0 Å². The molecule has 0 amide bonds. The maximum atomic E-state index is 6.15. The largest absolute Gasteiger partial charge is 1.00 e. The molecule has 3 rings (SSSR count). The van der Waals surface area contributed by atoms with Crippen LogP contribution in [0.2, 0.25) is 10.0 Å². The van der Waals surface area contributed by atoms with E-state index < -0.39 is 0 Å². The van der Waals surface area contributed by atoms with Crippen LogP contribution in [0.5, 0.6) is 0 Å². The molecule has 2 aromatic carbocycles. The molecule has 6 heteroatoms. The summed E-state index contributed by atoms with van der Waals surface area (Å²) in [6.45, 7) is 0. The molecule has 0 fully saturated rings. The van der Waals surface area contributed by atoms with Gasteiger partial charge in [0.2, 0.25) is 0 Å². The lowest BCUT2D eigenvalue weighted by Crippen LogP contribution is -3.00. The molecular formula is C14H10BrCl2N2S-. The number of para-hydroxylation sites is 2. The van der Waals surface area contributed by atoms with E-state index in [4.69, 9.17) is 23.2 Å². The highest BCUT2D eigenvalue weighted by Gasteiger charge is 2.05. The van der Waals surface area contributed by atoms with Gasteiger partial charge in [0.25, 0.3) is 0 Å². The maximum Gasteiger partial charge on any atom is 0.166 e. The Labute approximate surface area is 141 Å². The number of aromatic nitrogens is 2. The van der Waals surface area contributed by atoms with E-state index in [0.29, 0.717) is 10.0 Å². The highest BCUT2D eigenvalue weighted by Crippen LogP contribution is 2.28. The van der Waals surface area contributed by atoms with Gasteiger partial charge < -0.3 is 22.0 Å². The average Bonchev–Trinajstić information content (AvgIpc) is 2.80. The summed E-state index contributed by atoms with van der Waals surface area (Å²) < 4.78 is 0. The van der Waals surface area contributed by atoms with Gasteiger partial charge in [0.05, 0.1) is 11.0 Å². The number of fused-ring (bicyclic) bond motifs is 1. The number of nitrogens with one attached hydrogen (secondary N) is 1. The molecular weight excluding hydrogens is 379 g/mol. The Bertz CT molecular complexity index is 697. The minimum atomic E-state index is 0. The molecule has 104 valence electrons. The molecule has 1 N–H and O–H groups in total. The van der Waals surface area contributed by atoms with Gasteiger partial charge in [-0.3, -0.25) is 0 Å². The van der Waals surface area contributed by atoms with Gasteiger partial charge in [0.1, 0.15) is 0 Å². The summed E-state index contributed by atoms with van der Waals surface area (Å²) in [5.74, 6) is 0.760. The van der Waals surface area contributed by atoms with Crippen molar-refractivity contribution in [2.75, 3.05) is 0 Å². The van der Waals surface area contributed by atoms with Crippen LogP contribution in [-0.4, -0.2) is 9.97 Å². The summed E-state index contributed by atoms with van der Waals surface area (Å²) in [5.41, 5.74) is 3.08. The van der Waals surface area contributed by atoms with Gasteiger partial charge in [-0.1, -0.05) is 53.2 Å². The summed E-state index contributed by atoms with van der Waals surface area (Å²) >= 11 is 13.6. The molecule has 0 saturated heterocycles. The van der Waals surface area contributed by atoms with Crippen molar-refractivity contribution in [1.82, 2.24) is 9.97 Å². The number of aromatic amines is 1. The standard InChI is InChI=1S/C14H10Cl2N2S.BrH/c15-10-6-5-9(11(16)7-10)8-19-14-17-12-3-1-2-4-13(12)18-14;/h1-7H,8H2,(H,17,18);1H/p-1. The van der Waals surface area contributed by atoms with Crippen molar-refractivity contribution in [3.8, 4) is 0 Å². The Morgan fingerprint density at radius 2 is 1.90 bits per heavy atom. The van der Waals surface area contributed by atoms with Crippen molar-refractivity contribution < 1.29 is 17.0 Å². The molecule has 0 aliphatic heterocycles. The van der Waals surface area contributed by atoms with Gasteiger partial charge in [-0.15, -0.1) is 0 Å². The second kappa shape index (κ2) is 6.85. The minimum Gasteiger partial charge on any atom is -1.00 e. The number of hydrogen-bond donors (Lipinski definition) is 1. The summed E-state index contributed by atoms with van der Waals surface area (Å²) in [6.07, 6.45) is 0. The van der Waals surface area contributed by atoms with Gasteiger partial charge in [-0.05, 0) is 29.8 Å². The number of nitrogens with zero attached hydrogens (tertiary/aromatic N) is 1. The van der Waals surface area contributed by atoms with E-state index in [-0.39, 0.29) is 17.0 Å². The Morgan fingerprint density at radius 3 is 2.65 bits per heavy atom. The summed E-state index contributed by atoms with van der Waals surface area (Å²) in [7, 11) is 0. The van der Waals surface area contributed by atoms with E-state index in [9.17, 15) is 0 Å². The van der Waals surface area contributed by atoms with Crippen LogP contribution in [0.3, 0.4) is 0 Å². The lowest BCUT2D eigenvalue weighted by Gasteiger charge is -2.02. The Hall–Kier alpha value is -0.680. The second-order valence-corrected chi connectivity index (χ2v) is 5.89. The Kier molecular flexibility index (Phi) is 5.38. The minimum absolute atomic E-state index is 0. The molecule has 0 saturated carbocycles. The summed E-state index contributed by atoms with van der Waals surface area (Å²) in [4.78, 5) is 7.79. The second-order valence-electron chi connectivity index (χ2n) is 4.08. The van der Waals surface area contributed by atoms with Crippen molar-refractivity contribution in [3.63, 3.8) is 0 Å². The first-order valence-electron chi connectivity index (χ1n) is 5.74. The Morgan fingerprint density at radius 1 is 1.10 bits per heavy atom. The quantitative estimate of drug-likeness (QED) is 0.696. The third-order valence-electron chi connectivity index (χ3n) is 2.75. The van der Waals surface area contributed by atoms with Crippen LogP contribution in [0.1, 0.15) is 5.56 Å². The molecule has 0 aliphatic rings. The molecule has 0 aliphatic carbocycles. The summed E-state index contributed by atoms with van der Waals surface area (Å²) in [6, 6.07) is 13.5. The third-order valence-corrected chi connectivity index (χ3v) is 4.26. The van der Waals surface area contributed by atoms with Crippen LogP contribution < -0.4 is 17.0 Å². The molecule has 1 aromatic heterocycles. The SMILES string of the molecule is Clc1ccc(CSc2nc3ccccc3[nH]2)c(Cl)c1.[Br-]. The first kappa shape index (κ1) is 15.7. The first-order valence-corrected chi connectivity index (χ1v) is 7.48. The predicted molar refractivity (Wildman–Crippen MR) is 82.1 cm³/mol. The van der Waals surface area contributed by atoms with E-state index in [2.05, 4.69) is 9.97 Å². The molecule has 1 heterocycles. The number of imidazole rings is 1. The van der Waals surface area contributed by atoms with E-state index >= 15 is 0 Å². The van der Waals surface area contributed by atoms with Gasteiger partial charge >= 0.3 is 0 Å². The first-order chi connectivity index (χ1) is 9.22. The van der Waals surface area contributed by atoms with Gasteiger partial charge in [-0.25, -0.2) is 4.98 Å². The molecule has 3 aromatic rings. The van der Waals surface area contributed by atoms with Crippen LogP contribution in [0.4, 0.5) is 0 Å².